The van der Waals surface area contributed by atoms with Gasteiger partial charge in [-0.3, -0.25) is 9.48 Å². The maximum atomic E-state index is 11.9. The molecule has 0 N–H and O–H groups in total. The van der Waals surface area contributed by atoms with Crippen molar-refractivity contribution in [3.63, 3.8) is 0 Å². The third-order valence-corrected chi connectivity index (χ3v) is 3.32. The zero-order valence-electron chi connectivity index (χ0n) is 12.5. The largest absolute Gasteiger partial charge is 0.349 e. The second-order valence-corrected chi connectivity index (χ2v) is 5.38. The molecule has 0 bridgehead atoms. The van der Waals surface area contributed by atoms with E-state index >= 15 is 0 Å². The van der Waals surface area contributed by atoms with Crippen LogP contribution < -0.4 is 0 Å². The summed E-state index contributed by atoms with van der Waals surface area (Å²) in [6.45, 7) is 4.58. The quantitative estimate of drug-likeness (QED) is 0.857. The van der Waals surface area contributed by atoms with Crippen LogP contribution in [-0.2, 0) is 11.3 Å². The van der Waals surface area contributed by atoms with Crippen LogP contribution in [0.1, 0.15) is 12.5 Å². The predicted molar refractivity (Wildman–Crippen MR) is 80.3 cm³/mol. The molecule has 0 aliphatic rings. The second kappa shape index (κ2) is 5.90. The predicted octanol–water partition coefficient (Wildman–Crippen LogP) is 2.58. The van der Waals surface area contributed by atoms with Crippen molar-refractivity contribution < 1.29 is 4.79 Å². The molecule has 2 rings (SSSR count). The minimum Gasteiger partial charge on any atom is -0.349 e. The maximum Gasteiger partial charge on any atom is 0.226 e. The fourth-order valence-corrected chi connectivity index (χ4v) is 2.30. The lowest BCUT2D eigenvalue weighted by atomic mass is 10.1. The monoisotopic (exact) mass is 271 g/mol. The van der Waals surface area contributed by atoms with Gasteiger partial charge in [0.2, 0.25) is 5.91 Å². The first-order valence-corrected chi connectivity index (χ1v) is 6.79. The molecule has 1 heterocycles. The minimum absolute atomic E-state index is 0.0760. The third-order valence-electron chi connectivity index (χ3n) is 3.32. The van der Waals surface area contributed by atoms with E-state index in [1.54, 1.807) is 19.0 Å². The number of hydrogen-bond acceptors (Lipinski definition) is 2. The summed E-state index contributed by atoms with van der Waals surface area (Å²) in [4.78, 5) is 13.5. The number of hydrogen-bond donors (Lipinski definition) is 0. The molecule has 4 nitrogen and oxygen atoms in total. The molecule has 1 unspecified atom stereocenters. The first kappa shape index (κ1) is 14.3. The topological polar surface area (TPSA) is 38.1 Å². The molecular formula is C16H21N3O. The maximum absolute atomic E-state index is 11.9. The number of carbonyl (C=O) groups is 1. The molecule has 1 aromatic carbocycles. The van der Waals surface area contributed by atoms with Gasteiger partial charge >= 0.3 is 0 Å². The van der Waals surface area contributed by atoms with Crippen LogP contribution >= 0.6 is 0 Å². The van der Waals surface area contributed by atoms with Gasteiger partial charge in [-0.15, -0.1) is 0 Å². The van der Waals surface area contributed by atoms with E-state index in [0.717, 1.165) is 16.8 Å². The zero-order chi connectivity index (χ0) is 14.7. The number of rotatable bonds is 4. The summed E-state index contributed by atoms with van der Waals surface area (Å²) in [6.07, 6.45) is 2.00. The molecule has 106 valence electrons. The fourth-order valence-electron chi connectivity index (χ4n) is 2.30. The molecule has 4 heteroatoms. The number of nitrogens with zero attached hydrogens (tertiary/aromatic N) is 3. The highest BCUT2D eigenvalue weighted by Gasteiger charge is 2.17. The molecule has 0 saturated heterocycles. The fraction of sp³-hybridized carbons (Fsp3) is 0.375. The van der Waals surface area contributed by atoms with Crippen LogP contribution in [0.2, 0.25) is 0 Å². The Morgan fingerprint density at radius 2 is 1.95 bits per heavy atom. The zero-order valence-corrected chi connectivity index (χ0v) is 12.5. The number of aromatic nitrogens is 2. The van der Waals surface area contributed by atoms with Crippen LogP contribution in [0.3, 0.4) is 0 Å². The third kappa shape index (κ3) is 3.07. The molecule has 0 saturated carbocycles. The number of aryl methyl sites for hydroxylation is 1. The van der Waals surface area contributed by atoms with Gasteiger partial charge in [-0.1, -0.05) is 37.3 Å². The van der Waals surface area contributed by atoms with E-state index in [4.69, 9.17) is 0 Å². The van der Waals surface area contributed by atoms with Gasteiger partial charge < -0.3 is 4.90 Å². The minimum atomic E-state index is -0.0760. The molecular weight excluding hydrogens is 250 g/mol. The SMILES string of the molecule is Cc1cn(CC(C)C(=O)N(C)C)nc1-c1ccccc1. The van der Waals surface area contributed by atoms with E-state index in [9.17, 15) is 4.79 Å². The Hall–Kier alpha value is -2.10. The van der Waals surface area contributed by atoms with E-state index in [0.29, 0.717) is 6.54 Å². The van der Waals surface area contributed by atoms with Crippen molar-refractivity contribution in [3.8, 4) is 11.3 Å². The van der Waals surface area contributed by atoms with Gasteiger partial charge in [0.05, 0.1) is 18.2 Å². The first-order valence-electron chi connectivity index (χ1n) is 6.79. The van der Waals surface area contributed by atoms with Crippen molar-refractivity contribution in [2.75, 3.05) is 14.1 Å². The molecule has 0 fully saturated rings. The van der Waals surface area contributed by atoms with Gasteiger partial charge in [-0.25, -0.2) is 0 Å². The Labute approximate surface area is 120 Å². The van der Waals surface area contributed by atoms with E-state index in [2.05, 4.69) is 5.10 Å². The summed E-state index contributed by atoms with van der Waals surface area (Å²) in [7, 11) is 3.56. The van der Waals surface area contributed by atoms with Crippen molar-refractivity contribution in [2.24, 2.45) is 5.92 Å². The van der Waals surface area contributed by atoms with Gasteiger partial charge in [0.15, 0.2) is 0 Å². The molecule has 1 atom stereocenters. The Balaban J connectivity index is 2.18. The Kier molecular flexibility index (Phi) is 4.23. The molecule has 2 aromatic rings. The van der Waals surface area contributed by atoms with Gasteiger partial charge in [-0.2, -0.15) is 5.10 Å². The summed E-state index contributed by atoms with van der Waals surface area (Å²) < 4.78 is 1.86. The van der Waals surface area contributed by atoms with Crippen molar-refractivity contribution in [2.45, 2.75) is 20.4 Å². The first-order chi connectivity index (χ1) is 9.49. The van der Waals surface area contributed by atoms with Crippen molar-refractivity contribution in [3.05, 3.63) is 42.1 Å². The highest BCUT2D eigenvalue weighted by Crippen LogP contribution is 2.21. The summed E-state index contributed by atoms with van der Waals surface area (Å²) in [5.41, 5.74) is 3.21. The normalized spacial score (nSPS) is 12.2. The van der Waals surface area contributed by atoms with Crippen LogP contribution in [0.25, 0.3) is 11.3 Å². The Morgan fingerprint density at radius 1 is 1.30 bits per heavy atom. The molecule has 0 aliphatic carbocycles. The number of benzene rings is 1. The van der Waals surface area contributed by atoms with Gasteiger partial charge in [0, 0.05) is 25.9 Å². The summed E-state index contributed by atoms with van der Waals surface area (Å²) in [5.74, 6) is 0.0485. The summed E-state index contributed by atoms with van der Waals surface area (Å²) >= 11 is 0. The molecule has 0 aliphatic heterocycles. The van der Waals surface area contributed by atoms with Crippen LogP contribution in [-0.4, -0.2) is 34.7 Å². The average molecular weight is 271 g/mol. The lowest BCUT2D eigenvalue weighted by Gasteiger charge is -2.16. The van der Waals surface area contributed by atoms with Crippen molar-refractivity contribution >= 4 is 5.91 Å². The molecule has 20 heavy (non-hydrogen) atoms. The van der Waals surface area contributed by atoms with E-state index in [-0.39, 0.29) is 11.8 Å². The van der Waals surface area contributed by atoms with Gasteiger partial charge in [-0.05, 0) is 12.5 Å². The van der Waals surface area contributed by atoms with Crippen molar-refractivity contribution in [1.29, 1.82) is 0 Å². The van der Waals surface area contributed by atoms with Crippen molar-refractivity contribution in [1.82, 2.24) is 14.7 Å². The summed E-state index contributed by atoms with van der Waals surface area (Å²) in [5, 5.41) is 4.61. The highest BCUT2D eigenvalue weighted by atomic mass is 16.2. The van der Waals surface area contributed by atoms with E-state index < -0.39 is 0 Å². The lowest BCUT2D eigenvalue weighted by molar-refractivity contribution is -0.132. The molecule has 0 radical (unpaired) electrons. The smallest absolute Gasteiger partial charge is 0.226 e. The van der Waals surface area contributed by atoms with Crippen LogP contribution in [0.15, 0.2) is 36.5 Å². The molecule has 1 amide bonds. The highest BCUT2D eigenvalue weighted by molar-refractivity contribution is 5.77. The van der Waals surface area contributed by atoms with Crippen LogP contribution in [0.4, 0.5) is 0 Å². The Bertz CT molecular complexity index is 587. The average Bonchev–Trinajstić information content (AvgIpc) is 2.79. The second-order valence-electron chi connectivity index (χ2n) is 5.38. The van der Waals surface area contributed by atoms with Gasteiger partial charge in [0.1, 0.15) is 0 Å². The number of amides is 1. The standard InChI is InChI=1S/C16H21N3O/c1-12-10-19(11-13(2)16(20)18(3)4)17-15(12)14-8-6-5-7-9-14/h5-10,13H,11H2,1-4H3. The van der Waals surface area contributed by atoms with Crippen LogP contribution in [0.5, 0.6) is 0 Å². The van der Waals surface area contributed by atoms with Crippen LogP contribution in [0, 0.1) is 12.8 Å². The Morgan fingerprint density at radius 3 is 2.55 bits per heavy atom. The molecule has 0 spiro atoms. The van der Waals surface area contributed by atoms with E-state index in [1.165, 1.54) is 0 Å². The lowest BCUT2D eigenvalue weighted by Crippen LogP contribution is -2.30. The summed E-state index contributed by atoms with van der Waals surface area (Å²) in [6, 6.07) is 10.1. The number of carbonyl (C=O) groups excluding carboxylic acids is 1. The van der Waals surface area contributed by atoms with E-state index in [1.807, 2.05) is 55.1 Å². The molecule has 1 aromatic heterocycles. The van der Waals surface area contributed by atoms with Gasteiger partial charge in [0.25, 0.3) is 0 Å².